The van der Waals surface area contributed by atoms with E-state index in [2.05, 4.69) is 285 Å². The van der Waals surface area contributed by atoms with Crippen LogP contribution in [0.25, 0.3) is 231 Å². The predicted octanol–water partition coefficient (Wildman–Crippen LogP) is 27.4. The fourth-order valence-corrected chi connectivity index (χ4v) is 19.3. The summed E-state index contributed by atoms with van der Waals surface area (Å²) in [5.74, 6) is 3.72. The first-order valence-corrected chi connectivity index (χ1v) is 40.3. The quantitative estimate of drug-likeness (QED) is 0.120. The number of para-hydroxylation sites is 2. The van der Waals surface area contributed by atoms with Gasteiger partial charge < -0.3 is 9.13 Å². The Morgan fingerprint density at radius 1 is 0.179 bits per heavy atom. The molecule has 11 heteroatoms. The summed E-state index contributed by atoms with van der Waals surface area (Å²) in [6.45, 7) is 0. The van der Waals surface area contributed by atoms with Crippen LogP contribution in [0.2, 0.25) is 0 Å². The number of hydrogen-bond acceptors (Lipinski definition) is 7. The van der Waals surface area contributed by atoms with Gasteiger partial charge in [0, 0.05) is 96.9 Å². The van der Waals surface area contributed by atoms with Crippen molar-refractivity contribution in [3.8, 4) is 102 Å². The summed E-state index contributed by atoms with van der Waals surface area (Å²) in [6.07, 6.45) is 0. The Labute approximate surface area is 674 Å². The number of thiophene rings is 1. The normalized spacial score (nSPS) is 11.9. The summed E-state index contributed by atoms with van der Waals surface area (Å²) in [5.41, 5.74) is 22.3. The summed E-state index contributed by atoms with van der Waals surface area (Å²) in [5, 5.41) is 17.3. The third kappa shape index (κ3) is 10.6. The van der Waals surface area contributed by atoms with Crippen LogP contribution >= 0.6 is 11.3 Å². The topological polar surface area (TPSA) is 97.1 Å². The molecule has 0 aliphatic heterocycles. The van der Waals surface area contributed by atoms with Crippen LogP contribution in [0.1, 0.15) is 0 Å². The molecule has 117 heavy (non-hydrogen) atoms. The maximum absolute atomic E-state index is 5.14. The predicted molar refractivity (Wildman–Crippen MR) is 485 cm³/mol. The van der Waals surface area contributed by atoms with Gasteiger partial charge in [0.05, 0.1) is 44.1 Å². The summed E-state index contributed by atoms with van der Waals surface area (Å²) in [7, 11) is 0. The molecule has 25 rings (SSSR count). The summed E-state index contributed by atoms with van der Waals surface area (Å²) in [4.78, 5) is 30.5. The molecule has 0 unspecified atom stereocenters. The zero-order valence-corrected chi connectivity index (χ0v) is 63.6. The van der Waals surface area contributed by atoms with E-state index in [9.17, 15) is 0 Å². The first-order valence-electron chi connectivity index (χ1n) is 39.5. The molecule has 10 nitrogen and oxygen atoms in total. The van der Waals surface area contributed by atoms with Crippen molar-refractivity contribution in [2.45, 2.75) is 0 Å². The number of hydrogen-bond donors (Lipinski definition) is 0. The van der Waals surface area contributed by atoms with Crippen molar-refractivity contribution in [2.75, 3.05) is 0 Å². The van der Waals surface area contributed by atoms with E-state index in [4.69, 9.17) is 29.9 Å². The van der Waals surface area contributed by atoms with Crippen LogP contribution in [0.5, 0.6) is 0 Å². The van der Waals surface area contributed by atoms with Crippen LogP contribution in [0.4, 0.5) is 0 Å². The fourth-order valence-electron chi connectivity index (χ4n) is 18.3. The minimum absolute atomic E-state index is 0.586. The number of nitrogens with zero attached hydrogens (tertiary/aromatic N) is 10. The van der Waals surface area contributed by atoms with E-state index < -0.39 is 0 Å². The highest BCUT2D eigenvalue weighted by Crippen LogP contribution is 2.48. The van der Waals surface area contributed by atoms with E-state index >= 15 is 0 Å². The lowest BCUT2D eigenvalue weighted by Gasteiger charge is -2.12. The zero-order valence-electron chi connectivity index (χ0n) is 62.8. The SMILES string of the molecule is c1ccc(-c2cccc(-n3c4cccc5ccc6c(-c7ccc8c(c7)c7ccccc7n8-c7nc(-c8ccccc8)nc(-c8ccccc8)n7)ccc3c6c54)c2)cc1.c1ccc(-c2nc(-c3ccccc3)nc(-n3c4ccccc4c4cc(-c5ccc6c7c5ccc5cccc(c57)n6-c5ccc6sc7ccccc7c6c5)ccc43)n2)cc1. The Hall–Kier alpha value is -15.6. The van der Waals surface area contributed by atoms with Gasteiger partial charge in [0.1, 0.15) is 0 Å². The van der Waals surface area contributed by atoms with E-state index in [0.29, 0.717) is 35.2 Å². The molecule has 0 bridgehead atoms. The molecule has 0 saturated carbocycles. The lowest BCUT2D eigenvalue weighted by molar-refractivity contribution is 0.953. The van der Waals surface area contributed by atoms with Crippen molar-refractivity contribution >= 4 is 140 Å². The van der Waals surface area contributed by atoms with Crippen molar-refractivity contribution in [3.63, 3.8) is 0 Å². The smallest absolute Gasteiger partial charge is 0.238 e. The molecule has 0 saturated heterocycles. The largest absolute Gasteiger partial charge is 0.309 e. The third-order valence-electron chi connectivity index (χ3n) is 23.5. The van der Waals surface area contributed by atoms with Crippen LogP contribution in [0.15, 0.2) is 388 Å². The lowest BCUT2D eigenvalue weighted by atomic mass is 9.94. The van der Waals surface area contributed by atoms with Gasteiger partial charge in [-0.3, -0.25) is 9.13 Å². The highest BCUT2D eigenvalue weighted by molar-refractivity contribution is 7.25. The van der Waals surface area contributed by atoms with Crippen LogP contribution in [-0.2, 0) is 0 Å². The highest BCUT2D eigenvalue weighted by Gasteiger charge is 2.26. The Balaban J connectivity index is 0.000000134. The second kappa shape index (κ2) is 26.5. The van der Waals surface area contributed by atoms with Gasteiger partial charge in [0.15, 0.2) is 23.3 Å². The number of fused-ring (bicyclic) bond motifs is 9. The Bertz CT molecular complexity index is 8130. The van der Waals surface area contributed by atoms with Gasteiger partial charge in [0.2, 0.25) is 11.9 Å². The summed E-state index contributed by atoms with van der Waals surface area (Å²) < 4.78 is 11.9. The molecule has 0 fully saturated rings. The summed E-state index contributed by atoms with van der Waals surface area (Å²) in [6, 6.07) is 138. The third-order valence-corrected chi connectivity index (χ3v) is 24.6. The van der Waals surface area contributed by atoms with E-state index in [1.54, 1.807) is 0 Å². The second-order valence-corrected chi connectivity index (χ2v) is 31.1. The van der Waals surface area contributed by atoms with Gasteiger partial charge in [-0.2, -0.15) is 19.9 Å². The van der Waals surface area contributed by atoms with Gasteiger partial charge in [-0.05, 0) is 152 Å². The van der Waals surface area contributed by atoms with E-state index in [1.807, 2.05) is 133 Å². The molecule has 0 N–H and O–H groups in total. The zero-order chi connectivity index (χ0) is 76.8. The average molecular weight is 1510 g/mol. The molecule has 7 aromatic heterocycles. The van der Waals surface area contributed by atoms with Gasteiger partial charge >= 0.3 is 0 Å². The van der Waals surface area contributed by atoms with Crippen LogP contribution in [0, 0.1) is 0 Å². The van der Waals surface area contributed by atoms with Gasteiger partial charge in [-0.15, -0.1) is 11.3 Å². The van der Waals surface area contributed by atoms with E-state index in [-0.39, 0.29) is 0 Å². The number of benzene rings is 18. The Kier molecular flexibility index (Phi) is 15.0. The number of aromatic nitrogens is 10. The van der Waals surface area contributed by atoms with Crippen LogP contribution < -0.4 is 0 Å². The van der Waals surface area contributed by atoms with Gasteiger partial charge in [-0.25, -0.2) is 9.97 Å². The molecule has 7 heterocycles. The first kappa shape index (κ1) is 66.1. The summed E-state index contributed by atoms with van der Waals surface area (Å²) >= 11 is 1.86. The maximum Gasteiger partial charge on any atom is 0.238 e. The van der Waals surface area contributed by atoms with Crippen LogP contribution in [-0.4, -0.2) is 48.2 Å². The lowest BCUT2D eigenvalue weighted by Crippen LogP contribution is -2.06. The van der Waals surface area contributed by atoms with Crippen molar-refractivity contribution in [1.29, 1.82) is 0 Å². The molecule has 0 aliphatic rings. The van der Waals surface area contributed by atoms with Crippen molar-refractivity contribution in [2.24, 2.45) is 0 Å². The van der Waals surface area contributed by atoms with Crippen LogP contribution in [0.3, 0.4) is 0 Å². The number of rotatable bonds is 11. The molecule has 25 aromatic rings. The maximum atomic E-state index is 5.14. The van der Waals surface area contributed by atoms with E-state index in [0.717, 1.165) is 77.1 Å². The first-order chi connectivity index (χ1) is 58.0. The van der Waals surface area contributed by atoms with Crippen molar-refractivity contribution in [3.05, 3.63) is 388 Å². The average Bonchev–Trinajstić information content (AvgIpc) is 1.56. The molecule has 0 amide bonds. The molecule has 18 aromatic carbocycles. The molecule has 0 atom stereocenters. The van der Waals surface area contributed by atoms with Crippen molar-refractivity contribution < 1.29 is 0 Å². The standard InChI is InChI=1S/C53H31N5S.C53H33N5/c1-3-12-33(13-4-1)51-54-52(34-14-5-2-6-15-34)56-53(55-51)58-43-19-9-7-17-38(43)41-30-35(23-27-44(41)58)37-26-28-46-50-40(37)25-22-32-16-11-20-45(49(32)50)57(46)36-24-29-48-42(31-36)39-18-8-10-21-47(39)59-48;1-4-14-34(15-5-1)38-21-12-22-40(32-38)57-47-25-13-20-35-26-28-43-41(29-31-48(57)50(43)49(35)47)39-27-30-46-44(33-39)42-23-10-11-24-45(42)58(46)53-55-51(36-16-6-2-7-17-36)54-52(56-53)37-18-8-3-9-19-37/h1-31H;1-33H. The van der Waals surface area contributed by atoms with E-state index in [1.165, 1.54) is 119 Å². The minimum Gasteiger partial charge on any atom is -0.309 e. The minimum atomic E-state index is 0.586. The van der Waals surface area contributed by atoms with Gasteiger partial charge in [0.25, 0.3) is 0 Å². The monoisotopic (exact) mass is 1510 g/mol. The Morgan fingerprint density at radius 3 is 1.03 bits per heavy atom. The molecule has 0 aliphatic carbocycles. The fraction of sp³-hybridized carbons (Fsp3) is 0. The second-order valence-electron chi connectivity index (χ2n) is 30.1. The van der Waals surface area contributed by atoms with Gasteiger partial charge in [-0.1, -0.05) is 291 Å². The molecule has 0 spiro atoms. The Morgan fingerprint density at radius 2 is 0.547 bits per heavy atom. The molecule has 0 radical (unpaired) electrons. The highest BCUT2D eigenvalue weighted by atomic mass is 32.1. The molecular weight excluding hydrogens is 1450 g/mol. The van der Waals surface area contributed by atoms with Crippen molar-refractivity contribution in [1.82, 2.24) is 48.2 Å². The molecular formula is C106H64N10S. The molecule has 544 valence electrons.